The SMILES string of the molecule is O=C(OCc1cc(Cl)cc2c1OCOC2)c1ccc2c(c1)OCCO2. The summed E-state index contributed by atoms with van der Waals surface area (Å²) in [6.45, 7) is 1.59. The molecule has 130 valence electrons. The highest BCUT2D eigenvalue weighted by molar-refractivity contribution is 6.30. The van der Waals surface area contributed by atoms with Crippen LogP contribution < -0.4 is 14.2 Å². The molecular weight excluding hydrogens is 348 g/mol. The van der Waals surface area contributed by atoms with Gasteiger partial charge in [-0.1, -0.05) is 11.6 Å². The Bertz CT molecular complexity index is 819. The van der Waals surface area contributed by atoms with Crippen LogP contribution in [0.3, 0.4) is 0 Å². The van der Waals surface area contributed by atoms with Gasteiger partial charge in [-0.05, 0) is 30.3 Å². The van der Waals surface area contributed by atoms with Gasteiger partial charge in [-0.25, -0.2) is 4.79 Å². The highest BCUT2D eigenvalue weighted by Gasteiger charge is 2.19. The zero-order chi connectivity index (χ0) is 17.2. The van der Waals surface area contributed by atoms with E-state index in [1.807, 2.05) is 0 Å². The molecule has 6 nitrogen and oxygen atoms in total. The predicted molar refractivity (Wildman–Crippen MR) is 88.3 cm³/mol. The van der Waals surface area contributed by atoms with E-state index in [2.05, 4.69) is 0 Å². The Kier molecular flexibility index (Phi) is 4.38. The van der Waals surface area contributed by atoms with Crippen molar-refractivity contribution in [1.29, 1.82) is 0 Å². The molecule has 25 heavy (non-hydrogen) atoms. The van der Waals surface area contributed by atoms with Crippen molar-refractivity contribution in [2.45, 2.75) is 13.2 Å². The number of hydrogen-bond acceptors (Lipinski definition) is 6. The molecule has 0 atom stereocenters. The number of carbonyl (C=O) groups is 1. The molecule has 0 aromatic heterocycles. The molecule has 0 fully saturated rings. The fraction of sp³-hybridized carbons (Fsp3) is 0.278. The summed E-state index contributed by atoms with van der Waals surface area (Å²) in [7, 11) is 0. The van der Waals surface area contributed by atoms with Crippen LogP contribution >= 0.6 is 11.6 Å². The summed E-state index contributed by atoms with van der Waals surface area (Å²) in [5.41, 5.74) is 1.94. The Morgan fingerprint density at radius 1 is 1.08 bits per heavy atom. The number of carbonyl (C=O) groups excluding carboxylic acids is 1. The van der Waals surface area contributed by atoms with Crippen molar-refractivity contribution < 1.29 is 28.5 Å². The second-order valence-electron chi connectivity index (χ2n) is 5.60. The van der Waals surface area contributed by atoms with Crippen LogP contribution in [0.1, 0.15) is 21.5 Å². The second-order valence-corrected chi connectivity index (χ2v) is 6.03. The van der Waals surface area contributed by atoms with Crippen molar-refractivity contribution in [3.63, 3.8) is 0 Å². The minimum absolute atomic E-state index is 0.0518. The third kappa shape index (κ3) is 3.36. The van der Waals surface area contributed by atoms with Crippen molar-refractivity contribution in [2.75, 3.05) is 20.0 Å². The van der Waals surface area contributed by atoms with E-state index in [9.17, 15) is 4.79 Å². The summed E-state index contributed by atoms with van der Waals surface area (Å²) in [5.74, 6) is 1.37. The Morgan fingerprint density at radius 3 is 2.80 bits per heavy atom. The highest BCUT2D eigenvalue weighted by Crippen LogP contribution is 2.33. The molecule has 0 saturated carbocycles. The lowest BCUT2D eigenvalue weighted by Crippen LogP contribution is -2.16. The lowest BCUT2D eigenvalue weighted by molar-refractivity contribution is -0.0180. The van der Waals surface area contributed by atoms with E-state index in [0.717, 1.165) is 5.56 Å². The number of fused-ring (bicyclic) bond motifs is 2. The van der Waals surface area contributed by atoms with Gasteiger partial charge in [0.15, 0.2) is 18.3 Å². The average molecular weight is 363 g/mol. The fourth-order valence-electron chi connectivity index (χ4n) is 2.76. The molecule has 0 unspecified atom stereocenters. The van der Waals surface area contributed by atoms with Gasteiger partial charge in [0.25, 0.3) is 0 Å². The summed E-state index contributed by atoms with van der Waals surface area (Å²) in [6.07, 6.45) is 0. The number of benzene rings is 2. The number of esters is 1. The molecule has 0 saturated heterocycles. The predicted octanol–water partition coefficient (Wildman–Crippen LogP) is 3.33. The van der Waals surface area contributed by atoms with Crippen LogP contribution in [-0.4, -0.2) is 26.0 Å². The fourth-order valence-corrected chi connectivity index (χ4v) is 3.02. The van der Waals surface area contributed by atoms with Gasteiger partial charge in [0.2, 0.25) is 0 Å². The Labute approximate surface area is 149 Å². The first-order valence-corrected chi connectivity index (χ1v) is 8.17. The van der Waals surface area contributed by atoms with Crippen LogP contribution in [-0.2, 0) is 22.7 Å². The van der Waals surface area contributed by atoms with E-state index < -0.39 is 5.97 Å². The maximum Gasteiger partial charge on any atom is 0.338 e. The Morgan fingerprint density at radius 2 is 1.92 bits per heavy atom. The second kappa shape index (κ2) is 6.82. The summed E-state index contributed by atoms with van der Waals surface area (Å²) in [5, 5.41) is 0.540. The van der Waals surface area contributed by atoms with Crippen LogP contribution in [0.25, 0.3) is 0 Å². The molecular formula is C18H15ClO6. The molecule has 2 aliphatic rings. The maximum absolute atomic E-state index is 12.3. The van der Waals surface area contributed by atoms with Gasteiger partial charge in [0.05, 0.1) is 12.2 Å². The minimum atomic E-state index is -0.460. The van der Waals surface area contributed by atoms with Gasteiger partial charge < -0.3 is 23.7 Å². The molecule has 0 N–H and O–H groups in total. The van der Waals surface area contributed by atoms with Crippen molar-refractivity contribution >= 4 is 17.6 Å². The zero-order valence-corrected chi connectivity index (χ0v) is 14.0. The molecule has 0 bridgehead atoms. The zero-order valence-electron chi connectivity index (χ0n) is 13.2. The first kappa shape index (κ1) is 16.1. The maximum atomic E-state index is 12.3. The number of rotatable bonds is 3. The monoisotopic (exact) mass is 362 g/mol. The molecule has 0 amide bonds. The van der Waals surface area contributed by atoms with Crippen molar-refractivity contribution in [3.8, 4) is 17.2 Å². The normalized spacial score (nSPS) is 15.1. The van der Waals surface area contributed by atoms with Gasteiger partial charge in [0, 0.05) is 16.1 Å². The van der Waals surface area contributed by atoms with Gasteiger partial charge in [-0.15, -0.1) is 0 Å². The average Bonchev–Trinajstić information content (AvgIpc) is 2.65. The van der Waals surface area contributed by atoms with Crippen molar-refractivity contribution in [1.82, 2.24) is 0 Å². The van der Waals surface area contributed by atoms with E-state index in [-0.39, 0.29) is 13.4 Å². The molecule has 2 aromatic carbocycles. The van der Waals surface area contributed by atoms with E-state index in [0.29, 0.717) is 53.2 Å². The molecule has 2 aliphatic heterocycles. The summed E-state index contributed by atoms with van der Waals surface area (Å²) >= 11 is 6.11. The van der Waals surface area contributed by atoms with Gasteiger partial charge in [-0.3, -0.25) is 0 Å². The van der Waals surface area contributed by atoms with Crippen LogP contribution in [0.5, 0.6) is 17.2 Å². The topological polar surface area (TPSA) is 63.2 Å². The van der Waals surface area contributed by atoms with Gasteiger partial charge in [0.1, 0.15) is 25.6 Å². The molecule has 2 aromatic rings. The number of hydrogen-bond donors (Lipinski definition) is 0. The van der Waals surface area contributed by atoms with Gasteiger partial charge >= 0.3 is 5.97 Å². The smallest absolute Gasteiger partial charge is 0.338 e. The molecule has 0 spiro atoms. The number of halogens is 1. The first-order chi connectivity index (χ1) is 12.2. The molecule has 0 radical (unpaired) electrons. The van der Waals surface area contributed by atoms with E-state index in [1.54, 1.807) is 30.3 Å². The largest absolute Gasteiger partial charge is 0.486 e. The standard InChI is InChI=1S/C18H15ClO6/c19-14-5-12-8-21-10-25-17(12)13(6-14)9-24-18(20)11-1-2-15-16(7-11)23-4-3-22-15/h1-2,5-7H,3-4,8-10H2. The highest BCUT2D eigenvalue weighted by atomic mass is 35.5. The van der Waals surface area contributed by atoms with Crippen LogP contribution in [0.15, 0.2) is 30.3 Å². The molecule has 4 rings (SSSR count). The third-order valence-electron chi connectivity index (χ3n) is 3.89. The molecule has 2 heterocycles. The summed E-state index contributed by atoms with van der Waals surface area (Å²) < 4.78 is 27.1. The summed E-state index contributed by atoms with van der Waals surface area (Å²) in [4.78, 5) is 12.3. The van der Waals surface area contributed by atoms with Crippen molar-refractivity contribution in [3.05, 3.63) is 52.0 Å². The quantitative estimate of drug-likeness (QED) is 0.780. The third-order valence-corrected chi connectivity index (χ3v) is 4.11. The lowest BCUT2D eigenvalue weighted by Gasteiger charge is -2.21. The Balaban J connectivity index is 1.50. The van der Waals surface area contributed by atoms with Crippen LogP contribution in [0.4, 0.5) is 0 Å². The van der Waals surface area contributed by atoms with E-state index >= 15 is 0 Å². The lowest BCUT2D eigenvalue weighted by atomic mass is 10.1. The van der Waals surface area contributed by atoms with E-state index in [1.165, 1.54) is 0 Å². The van der Waals surface area contributed by atoms with Gasteiger partial charge in [-0.2, -0.15) is 0 Å². The van der Waals surface area contributed by atoms with E-state index in [4.69, 9.17) is 35.3 Å². The summed E-state index contributed by atoms with van der Waals surface area (Å²) in [6, 6.07) is 8.47. The molecule has 7 heteroatoms. The number of ether oxygens (including phenoxy) is 5. The minimum Gasteiger partial charge on any atom is -0.486 e. The van der Waals surface area contributed by atoms with Crippen molar-refractivity contribution in [2.24, 2.45) is 0 Å². The molecule has 0 aliphatic carbocycles. The van der Waals surface area contributed by atoms with Crippen LogP contribution in [0.2, 0.25) is 5.02 Å². The first-order valence-electron chi connectivity index (χ1n) is 7.79. The van der Waals surface area contributed by atoms with Crippen LogP contribution in [0, 0.1) is 0 Å². The Hall–Kier alpha value is -2.44.